The highest BCUT2D eigenvalue weighted by molar-refractivity contribution is 7.13. The molecule has 1 saturated carbocycles. The Bertz CT molecular complexity index is 964. The van der Waals surface area contributed by atoms with Gasteiger partial charge in [0, 0.05) is 6.04 Å². The van der Waals surface area contributed by atoms with Gasteiger partial charge in [0.15, 0.2) is 5.82 Å². The number of nitrogens with one attached hydrogen (secondary N) is 2. The second-order valence-electron chi connectivity index (χ2n) is 6.15. The lowest BCUT2D eigenvalue weighted by Crippen LogP contribution is -2.38. The standard InChI is InChI=1S/C18H16FN5O2S/c19-11-3-7-13(8-4-11)24-17(14-2-1-9-27-14)22-16(23-24)18(26)20-10-15(25)21-12-5-6-12/h1-4,7-9,12H,5-6,10H2,(H,20,26)(H,21,25). The minimum atomic E-state index is -0.542. The smallest absolute Gasteiger partial charge is 0.291 e. The molecule has 4 rings (SSSR count). The first kappa shape index (κ1) is 17.3. The molecule has 138 valence electrons. The Morgan fingerprint density at radius 1 is 1.22 bits per heavy atom. The molecule has 0 atom stereocenters. The van der Waals surface area contributed by atoms with E-state index in [9.17, 15) is 14.0 Å². The topological polar surface area (TPSA) is 88.9 Å². The third-order valence-electron chi connectivity index (χ3n) is 3.97. The highest BCUT2D eigenvalue weighted by Crippen LogP contribution is 2.25. The first-order valence-corrected chi connectivity index (χ1v) is 9.32. The molecule has 1 aliphatic rings. The third-order valence-corrected chi connectivity index (χ3v) is 4.84. The SMILES string of the molecule is O=C(CNC(=O)c1nc(-c2cccs2)n(-c2ccc(F)cc2)n1)NC1CC1. The lowest BCUT2D eigenvalue weighted by molar-refractivity contribution is -0.120. The molecular weight excluding hydrogens is 369 g/mol. The number of rotatable bonds is 6. The van der Waals surface area contributed by atoms with Crippen molar-refractivity contribution < 1.29 is 14.0 Å². The highest BCUT2D eigenvalue weighted by Gasteiger charge is 2.24. The van der Waals surface area contributed by atoms with Crippen LogP contribution in [-0.2, 0) is 4.79 Å². The normalized spacial score (nSPS) is 13.4. The number of thiophene rings is 1. The molecule has 3 aromatic rings. The van der Waals surface area contributed by atoms with E-state index in [4.69, 9.17) is 0 Å². The third kappa shape index (κ3) is 4.03. The van der Waals surface area contributed by atoms with E-state index in [-0.39, 0.29) is 30.1 Å². The quantitative estimate of drug-likeness (QED) is 0.680. The van der Waals surface area contributed by atoms with Crippen LogP contribution in [0.2, 0.25) is 0 Å². The van der Waals surface area contributed by atoms with Crippen molar-refractivity contribution in [3.8, 4) is 16.4 Å². The average Bonchev–Trinajstić information content (AvgIpc) is 3.13. The summed E-state index contributed by atoms with van der Waals surface area (Å²) in [7, 11) is 0. The monoisotopic (exact) mass is 385 g/mol. The number of benzene rings is 1. The van der Waals surface area contributed by atoms with Gasteiger partial charge < -0.3 is 10.6 Å². The number of hydrogen-bond acceptors (Lipinski definition) is 5. The molecule has 0 saturated heterocycles. The zero-order valence-electron chi connectivity index (χ0n) is 14.2. The van der Waals surface area contributed by atoms with Crippen LogP contribution < -0.4 is 10.6 Å². The molecule has 0 bridgehead atoms. The second-order valence-corrected chi connectivity index (χ2v) is 7.10. The predicted octanol–water partition coefficient (Wildman–Crippen LogP) is 2.14. The van der Waals surface area contributed by atoms with E-state index in [1.165, 1.54) is 28.2 Å². The fraction of sp³-hybridized carbons (Fsp3) is 0.222. The van der Waals surface area contributed by atoms with Gasteiger partial charge in [-0.25, -0.2) is 14.1 Å². The molecule has 1 aliphatic carbocycles. The van der Waals surface area contributed by atoms with Crippen LogP contribution in [-0.4, -0.2) is 39.2 Å². The molecule has 2 heterocycles. The first-order valence-electron chi connectivity index (χ1n) is 8.44. The molecule has 7 nitrogen and oxygen atoms in total. The molecular formula is C18H16FN5O2S. The lowest BCUT2D eigenvalue weighted by Gasteiger charge is -2.04. The summed E-state index contributed by atoms with van der Waals surface area (Å²) in [6.45, 7) is -0.130. The van der Waals surface area contributed by atoms with Gasteiger partial charge in [0.05, 0.1) is 17.1 Å². The molecule has 0 unspecified atom stereocenters. The van der Waals surface area contributed by atoms with Gasteiger partial charge in [-0.1, -0.05) is 6.07 Å². The van der Waals surface area contributed by atoms with Crippen molar-refractivity contribution in [1.82, 2.24) is 25.4 Å². The molecule has 0 radical (unpaired) electrons. The van der Waals surface area contributed by atoms with Crippen LogP contribution in [0.1, 0.15) is 23.5 Å². The summed E-state index contributed by atoms with van der Waals surface area (Å²) in [4.78, 5) is 29.3. The first-order chi connectivity index (χ1) is 13.1. The number of halogens is 1. The number of amides is 2. The van der Waals surface area contributed by atoms with Gasteiger partial charge in [0.25, 0.3) is 5.91 Å². The summed E-state index contributed by atoms with van der Waals surface area (Å²) in [5.41, 5.74) is 0.581. The van der Waals surface area contributed by atoms with Crippen molar-refractivity contribution in [3.63, 3.8) is 0 Å². The van der Waals surface area contributed by atoms with Crippen LogP contribution in [0.3, 0.4) is 0 Å². The van der Waals surface area contributed by atoms with E-state index >= 15 is 0 Å². The number of hydrogen-bond donors (Lipinski definition) is 2. The number of nitrogens with zero attached hydrogens (tertiary/aromatic N) is 3. The number of aromatic nitrogens is 3. The van der Waals surface area contributed by atoms with E-state index in [0.29, 0.717) is 11.5 Å². The summed E-state index contributed by atoms with van der Waals surface area (Å²) in [5.74, 6) is -0.718. The van der Waals surface area contributed by atoms with Gasteiger partial charge in [0.2, 0.25) is 11.7 Å². The maximum atomic E-state index is 13.2. The summed E-state index contributed by atoms with van der Waals surface area (Å²) in [6, 6.07) is 9.72. The largest absolute Gasteiger partial charge is 0.352 e. The van der Waals surface area contributed by atoms with Gasteiger partial charge in [-0.2, -0.15) is 0 Å². The molecule has 1 fully saturated rings. The molecule has 0 aliphatic heterocycles. The van der Waals surface area contributed by atoms with Crippen LogP contribution in [0.15, 0.2) is 41.8 Å². The Balaban J connectivity index is 1.57. The Morgan fingerprint density at radius 3 is 2.67 bits per heavy atom. The summed E-state index contributed by atoms with van der Waals surface area (Å²) in [6.07, 6.45) is 1.96. The summed E-state index contributed by atoms with van der Waals surface area (Å²) >= 11 is 1.45. The molecule has 9 heteroatoms. The van der Waals surface area contributed by atoms with Gasteiger partial charge in [-0.05, 0) is 48.6 Å². The van der Waals surface area contributed by atoms with Crippen molar-refractivity contribution in [2.24, 2.45) is 0 Å². The highest BCUT2D eigenvalue weighted by atomic mass is 32.1. The van der Waals surface area contributed by atoms with Crippen LogP contribution in [0.4, 0.5) is 4.39 Å². The van der Waals surface area contributed by atoms with E-state index in [1.54, 1.807) is 12.1 Å². The minimum Gasteiger partial charge on any atom is -0.352 e. The zero-order chi connectivity index (χ0) is 18.8. The fourth-order valence-corrected chi connectivity index (χ4v) is 3.18. The van der Waals surface area contributed by atoms with Gasteiger partial charge in [0.1, 0.15) is 5.82 Å². The Labute approximate surface area is 158 Å². The summed E-state index contributed by atoms with van der Waals surface area (Å²) < 4.78 is 14.7. The van der Waals surface area contributed by atoms with Crippen LogP contribution in [0.5, 0.6) is 0 Å². The summed E-state index contributed by atoms with van der Waals surface area (Å²) in [5, 5.41) is 11.5. The van der Waals surface area contributed by atoms with E-state index < -0.39 is 5.91 Å². The van der Waals surface area contributed by atoms with Crippen molar-refractivity contribution in [2.45, 2.75) is 18.9 Å². The van der Waals surface area contributed by atoms with Crippen LogP contribution >= 0.6 is 11.3 Å². The van der Waals surface area contributed by atoms with Gasteiger partial charge in [-0.15, -0.1) is 16.4 Å². The zero-order valence-corrected chi connectivity index (χ0v) is 15.0. The Morgan fingerprint density at radius 2 is 2.00 bits per heavy atom. The van der Waals surface area contributed by atoms with E-state index in [0.717, 1.165) is 17.7 Å². The van der Waals surface area contributed by atoms with E-state index in [1.807, 2.05) is 17.5 Å². The Kier molecular flexibility index (Phi) is 4.68. The van der Waals surface area contributed by atoms with Gasteiger partial charge in [-0.3, -0.25) is 9.59 Å². The maximum absolute atomic E-state index is 13.2. The minimum absolute atomic E-state index is 0.0538. The molecule has 27 heavy (non-hydrogen) atoms. The van der Waals surface area contributed by atoms with Crippen molar-refractivity contribution in [3.05, 3.63) is 53.4 Å². The van der Waals surface area contributed by atoms with E-state index in [2.05, 4.69) is 20.7 Å². The molecule has 2 N–H and O–H groups in total. The van der Waals surface area contributed by atoms with Crippen molar-refractivity contribution >= 4 is 23.2 Å². The molecule has 2 aromatic heterocycles. The number of carbonyl (C=O) groups excluding carboxylic acids is 2. The van der Waals surface area contributed by atoms with Crippen molar-refractivity contribution in [1.29, 1.82) is 0 Å². The van der Waals surface area contributed by atoms with Crippen molar-refractivity contribution in [2.75, 3.05) is 6.54 Å². The lowest BCUT2D eigenvalue weighted by atomic mass is 10.3. The average molecular weight is 385 g/mol. The second kappa shape index (κ2) is 7.28. The Hall–Kier alpha value is -3.07. The predicted molar refractivity (Wildman–Crippen MR) is 98.1 cm³/mol. The molecule has 0 spiro atoms. The molecule has 1 aromatic carbocycles. The number of carbonyl (C=O) groups is 2. The van der Waals surface area contributed by atoms with Crippen LogP contribution in [0.25, 0.3) is 16.4 Å². The van der Waals surface area contributed by atoms with Crippen LogP contribution in [0, 0.1) is 5.82 Å². The van der Waals surface area contributed by atoms with Gasteiger partial charge >= 0.3 is 0 Å². The fourth-order valence-electron chi connectivity index (χ4n) is 2.48. The maximum Gasteiger partial charge on any atom is 0.291 e. The molecule has 2 amide bonds.